The summed E-state index contributed by atoms with van der Waals surface area (Å²) in [4.78, 5) is 32.0. The molecule has 1 N–H and O–H groups in total. The summed E-state index contributed by atoms with van der Waals surface area (Å²) in [6, 6.07) is 14.2. The number of carbonyl (C=O) groups excluding carboxylic acids is 2. The van der Waals surface area contributed by atoms with Crippen LogP contribution in [0.2, 0.25) is 0 Å². The van der Waals surface area contributed by atoms with Crippen molar-refractivity contribution in [3.8, 4) is 5.69 Å². The fourth-order valence-electron chi connectivity index (χ4n) is 2.89. The van der Waals surface area contributed by atoms with Gasteiger partial charge in [0.1, 0.15) is 5.69 Å². The Morgan fingerprint density at radius 1 is 1.08 bits per heavy atom. The summed E-state index contributed by atoms with van der Waals surface area (Å²) in [7, 11) is 0. The molecule has 1 aliphatic rings. The molecule has 1 saturated heterocycles. The highest BCUT2D eigenvalue weighted by molar-refractivity contribution is 6.06. The van der Waals surface area contributed by atoms with E-state index >= 15 is 0 Å². The van der Waals surface area contributed by atoms with Crippen LogP contribution >= 0.6 is 0 Å². The van der Waals surface area contributed by atoms with Crippen LogP contribution in [0.4, 0.5) is 4.79 Å². The number of pyridine rings is 1. The van der Waals surface area contributed by atoms with Gasteiger partial charge in [0.2, 0.25) is 0 Å². The van der Waals surface area contributed by atoms with Gasteiger partial charge in [0.05, 0.1) is 24.1 Å². The van der Waals surface area contributed by atoms with Crippen LogP contribution in [0.1, 0.15) is 18.3 Å². The highest BCUT2D eigenvalue weighted by Gasteiger charge is 2.50. The van der Waals surface area contributed by atoms with Gasteiger partial charge in [0.25, 0.3) is 5.91 Å². The molecule has 0 spiro atoms. The molecule has 8 nitrogen and oxygen atoms in total. The van der Waals surface area contributed by atoms with Crippen LogP contribution in [0.3, 0.4) is 0 Å². The van der Waals surface area contributed by atoms with E-state index in [-0.39, 0.29) is 12.5 Å². The lowest BCUT2D eigenvalue weighted by molar-refractivity contribution is -0.131. The Morgan fingerprint density at radius 3 is 2.58 bits per heavy atom. The zero-order valence-electron chi connectivity index (χ0n) is 14.0. The molecule has 0 saturated carbocycles. The number of hydrogen-bond donors (Lipinski definition) is 1. The summed E-state index contributed by atoms with van der Waals surface area (Å²) < 4.78 is 0. The van der Waals surface area contributed by atoms with Crippen molar-refractivity contribution >= 4 is 11.9 Å². The third-order valence-electron chi connectivity index (χ3n) is 4.30. The normalized spacial score (nSPS) is 19.7. The van der Waals surface area contributed by atoms with Crippen molar-refractivity contribution in [2.24, 2.45) is 0 Å². The SMILES string of the molecule is C[C@@]1(c2ccccn2)NC(=O)N(Cc2cnn(-c3ccccc3)n2)C1=O. The fraction of sp³-hybridized carbons (Fsp3) is 0.167. The van der Waals surface area contributed by atoms with Crippen molar-refractivity contribution in [3.05, 3.63) is 72.3 Å². The van der Waals surface area contributed by atoms with Gasteiger partial charge in [-0.3, -0.25) is 14.7 Å². The Balaban J connectivity index is 1.57. The molecule has 1 aliphatic heterocycles. The first-order chi connectivity index (χ1) is 12.6. The minimum atomic E-state index is -1.19. The summed E-state index contributed by atoms with van der Waals surface area (Å²) in [6.45, 7) is 1.69. The first-order valence-electron chi connectivity index (χ1n) is 8.10. The van der Waals surface area contributed by atoms with Gasteiger partial charge in [0.15, 0.2) is 5.54 Å². The largest absolute Gasteiger partial charge is 0.325 e. The Labute approximate surface area is 149 Å². The molecular weight excluding hydrogens is 332 g/mol. The molecule has 1 fully saturated rings. The molecule has 1 aromatic carbocycles. The van der Waals surface area contributed by atoms with Crippen LogP contribution in [-0.4, -0.2) is 36.8 Å². The van der Waals surface area contributed by atoms with Gasteiger partial charge < -0.3 is 5.32 Å². The molecule has 0 bridgehead atoms. The number of imide groups is 1. The number of hydrogen-bond acceptors (Lipinski definition) is 5. The fourth-order valence-corrected chi connectivity index (χ4v) is 2.89. The van der Waals surface area contributed by atoms with Crippen LogP contribution in [0, 0.1) is 0 Å². The van der Waals surface area contributed by atoms with Gasteiger partial charge in [-0.1, -0.05) is 24.3 Å². The molecule has 0 radical (unpaired) electrons. The van der Waals surface area contributed by atoms with E-state index < -0.39 is 11.6 Å². The lowest BCUT2D eigenvalue weighted by Gasteiger charge is -2.20. The second-order valence-corrected chi connectivity index (χ2v) is 6.12. The molecular formula is C18H16N6O2. The summed E-state index contributed by atoms with van der Waals surface area (Å²) in [5, 5.41) is 11.3. The van der Waals surface area contributed by atoms with E-state index in [0.29, 0.717) is 11.4 Å². The quantitative estimate of drug-likeness (QED) is 0.724. The smallest absolute Gasteiger partial charge is 0.318 e. The van der Waals surface area contributed by atoms with Gasteiger partial charge in [-0.15, -0.1) is 0 Å². The third kappa shape index (κ3) is 2.61. The van der Waals surface area contributed by atoms with Crippen molar-refractivity contribution in [2.45, 2.75) is 19.0 Å². The number of para-hydroxylation sites is 1. The van der Waals surface area contributed by atoms with Gasteiger partial charge in [-0.2, -0.15) is 15.0 Å². The molecule has 8 heteroatoms. The Hall–Kier alpha value is -3.55. The molecule has 4 rings (SSSR count). The molecule has 3 heterocycles. The van der Waals surface area contributed by atoms with Crippen molar-refractivity contribution < 1.29 is 9.59 Å². The topological polar surface area (TPSA) is 93.0 Å². The third-order valence-corrected chi connectivity index (χ3v) is 4.30. The van der Waals surface area contributed by atoms with E-state index in [2.05, 4.69) is 20.5 Å². The number of aromatic nitrogens is 4. The van der Waals surface area contributed by atoms with Crippen molar-refractivity contribution in [1.82, 2.24) is 30.2 Å². The predicted molar refractivity (Wildman–Crippen MR) is 92.0 cm³/mol. The number of rotatable bonds is 4. The maximum atomic E-state index is 12.9. The van der Waals surface area contributed by atoms with E-state index in [1.54, 1.807) is 37.5 Å². The van der Waals surface area contributed by atoms with E-state index in [0.717, 1.165) is 10.6 Å². The minimum absolute atomic E-state index is 0.0416. The van der Waals surface area contributed by atoms with Crippen LogP contribution in [-0.2, 0) is 16.9 Å². The van der Waals surface area contributed by atoms with Crippen LogP contribution in [0.25, 0.3) is 5.69 Å². The Morgan fingerprint density at radius 2 is 1.85 bits per heavy atom. The van der Waals surface area contributed by atoms with Crippen LogP contribution in [0.5, 0.6) is 0 Å². The van der Waals surface area contributed by atoms with Crippen LogP contribution < -0.4 is 5.32 Å². The summed E-state index contributed by atoms with van der Waals surface area (Å²) in [6.07, 6.45) is 3.14. The lowest BCUT2D eigenvalue weighted by Crippen LogP contribution is -2.41. The molecule has 26 heavy (non-hydrogen) atoms. The van der Waals surface area contributed by atoms with Gasteiger partial charge in [-0.25, -0.2) is 4.79 Å². The molecule has 130 valence electrons. The van der Waals surface area contributed by atoms with Gasteiger partial charge >= 0.3 is 6.03 Å². The van der Waals surface area contributed by atoms with E-state index in [9.17, 15) is 9.59 Å². The Bertz CT molecular complexity index is 956. The zero-order valence-corrected chi connectivity index (χ0v) is 14.0. The number of nitrogens with one attached hydrogen (secondary N) is 1. The van der Waals surface area contributed by atoms with Crippen molar-refractivity contribution in [3.63, 3.8) is 0 Å². The van der Waals surface area contributed by atoms with Crippen molar-refractivity contribution in [1.29, 1.82) is 0 Å². The zero-order chi connectivity index (χ0) is 18.1. The molecule has 0 unspecified atom stereocenters. The predicted octanol–water partition coefficient (Wildman–Crippen LogP) is 1.63. The summed E-state index contributed by atoms with van der Waals surface area (Å²) in [5.74, 6) is -0.365. The summed E-state index contributed by atoms with van der Waals surface area (Å²) in [5.41, 5.74) is 0.624. The number of amides is 3. The maximum Gasteiger partial charge on any atom is 0.325 e. The van der Waals surface area contributed by atoms with Crippen LogP contribution in [0.15, 0.2) is 60.9 Å². The molecule has 3 amide bonds. The van der Waals surface area contributed by atoms with Gasteiger partial charge in [-0.05, 0) is 31.2 Å². The van der Waals surface area contributed by atoms with Crippen molar-refractivity contribution in [2.75, 3.05) is 0 Å². The van der Waals surface area contributed by atoms with E-state index in [4.69, 9.17) is 0 Å². The highest BCUT2D eigenvalue weighted by atomic mass is 16.2. The average Bonchev–Trinajstić information content (AvgIpc) is 3.23. The van der Waals surface area contributed by atoms with E-state index in [1.807, 2.05) is 30.3 Å². The minimum Gasteiger partial charge on any atom is -0.318 e. The molecule has 3 aromatic rings. The maximum absolute atomic E-state index is 12.9. The molecule has 2 aromatic heterocycles. The molecule has 0 aliphatic carbocycles. The highest BCUT2D eigenvalue weighted by Crippen LogP contribution is 2.28. The lowest BCUT2D eigenvalue weighted by atomic mass is 9.97. The standard InChI is InChI=1S/C18H16N6O2/c1-18(15-9-5-6-10-19-15)16(25)23(17(26)21-18)12-13-11-20-24(22-13)14-7-3-2-4-8-14/h2-11H,12H2,1H3,(H,21,26)/t18-/m0/s1. The second kappa shape index (κ2) is 6.07. The number of benzene rings is 1. The van der Waals surface area contributed by atoms with Gasteiger partial charge in [0, 0.05) is 6.20 Å². The van der Waals surface area contributed by atoms with E-state index in [1.165, 1.54) is 4.80 Å². The second-order valence-electron chi connectivity index (χ2n) is 6.12. The summed E-state index contributed by atoms with van der Waals surface area (Å²) >= 11 is 0. The number of urea groups is 1. The average molecular weight is 348 g/mol. The number of carbonyl (C=O) groups is 2. The monoisotopic (exact) mass is 348 g/mol. The first-order valence-corrected chi connectivity index (χ1v) is 8.10. The first kappa shape index (κ1) is 15.9. The number of nitrogens with zero attached hydrogens (tertiary/aromatic N) is 5. The Kier molecular flexibility index (Phi) is 3.72. The molecule has 1 atom stereocenters.